The SMILES string of the molecule is CCCC1CC1(O)c1ccc(C)cc1Cl. The van der Waals surface area contributed by atoms with Crippen molar-refractivity contribution in [2.45, 2.75) is 38.7 Å². The van der Waals surface area contributed by atoms with Gasteiger partial charge in [-0.1, -0.05) is 37.1 Å². The molecule has 1 fully saturated rings. The van der Waals surface area contributed by atoms with Gasteiger partial charge in [-0.05, 0) is 37.3 Å². The average Bonchev–Trinajstić information content (AvgIpc) is 2.78. The molecular weight excluding hydrogens is 208 g/mol. The van der Waals surface area contributed by atoms with Crippen molar-refractivity contribution in [2.24, 2.45) is 5.92 Å². The number of halogens is 1. The minimum atomic E-state index is -0.638. The maximum absolute atomic E-state index is 10.4. The summed E-state index contributed by atoms with van der Waals surface area (Å²) in [6, 6.07) is 5.91. The second kappa shape index (κ2) is 3.80. The molecule has 1 aliphatic carbocycles. The van der Waals surface area contributed by atoms with Gasteiger partial charge in [0.1, 0.15) is 0 Å². The van der Waals surface area contributed by atoms with E-state index >= 15 is 0 Å². The number of aliphatic hydroxyl groups is 1. The van der Waals surface area contributed by atoms with Gasteiger partial charge < -0.3 is 5.11 Å². The van der Waals surface area contributed by atoms with Crippen LogP contribution in [-0.2, 0) is 5.60 Å². The molecule has 1 N–H and O–H groups in total. The zero-order valence-electron chi connectivity index (χ0n) is 9.26. The van der Waals surface area contributed by atoms with E-state index in [2.05, 4.69) is 6.92 Å². The third kappa shape index (κ3) is 1.91. The van der Waals surface area contributed by atoms with Crippen LogP contribution in [0.15, 0.2) is 18.2 Å². The Labute approximate surface area is 96.1 Å². The number of hydrogen-bond acceptors (Lipinski definition) is 1. The summed E-state index contributed by atoms with van der Waals surface area (Å²) in [5.74, 6) is 0.405. The first kappa shape index (κ1) is 11.0. The Morgan fingerprint density at radius 1 is 1.53 bits per heavy atom. The van der Waals surface area contributed by atoms with Crippen LogP contribution >= 0.6 is 11.6 Å². The predicted molar refractivity (Wildman–Crippen MR) is 63.1 cm³/mol. The van der Waals surface area contributed by atoms with Crippen LogP contribution in [0.5, 0.6) is 0 Å². The van der Waals surface area contributed by atoms with Gasteiger partial charge in [-0.3, -0.25) is 0 Å². The molecule has 2 rings (SSSR count). The molecule has 0 spiro atoms. The highest BCUT2D eigenvalue weighted by atomic mass is 35.5. The van der Waals surface area contributed by atoms with Crippen molar-refractivity contribution in [1.29, 1.82) is 0 Å². The molecule has 1 aliphatic rings. The molecule has 2 unspecified atom stereocenters. The van der Waals surface area contributed by atoms with Crippen molar-refractivity contribution in [2.75, 3.05) is 0 Å². The normalized spacial score (nSPS) is 29.2. The highest BCUT2D eigenvalue weighted by Crippen LogP contribution is 2.55. The molecule has 0 heterocycles. The molecule has 0 aromatic heterocycles. The molecule has 0 radical (unpaired) electrons. The van der Waals surface area contributed by atoms with Crippen LogP contribution in [0, 0.1) is 12.8 Å². The third-order valence-electron chi connectivity index (χ3n) is 3.30. The summed E-state index contributed by atoms with van der Waals surface area (Å²) in [7, 11) is 0. The highest BCUT2D eigenvalue weighted by molar-refractivity contribution is 6.31. The Balaban J connectivity index is 2.24. The van der Waals surface area contributed by atoms with Crippen molar-refractivity contribution in [3.63, 3.8) is 0 Å². The van der Waals surface area contributed by atoms with E-state index in [9.17, 15) is 5.11 Å². The standard InChI is InChI=1S/C13H17ClO/c1-3-4-10-8-13(10,15)11-6-5-9(2)7-12(11)14/h5-7,10,15H,3-4,8H2,1-2H3. The van der Waals surface area contributed by atoms with Crippen molar-refractivity contribution < 1.29 is 5.11 Å². The van der Waals surface area contributed by atoms with E-state index in [0.29, 0.717) is 10.9 Å². The van der Waals surface area contributed by atoms with Crippen molar-refractivity contribution in [3.05, 3.63) is 34.3 Å². The summed E-state index contributed by atoms with van der Waals surface area (Å²) in [5, 5.41) is 11.1. The van der Waals surface area contributed by atoms with Gasteiger partial charge in [0.2, 0.25) is 0 Å². The summed E-state index contributed by atoms with van der Waals surface area (Å²) in [6.07, 6.45) is 3.07. The molecule has 2 heteroatoms. The zero-order valence-corrected chi connectivity index (χ0v) is 10.0. The zero-order chi connectivity index (χ0) is 11.1. The maximum atomic E-state index is 10.4. The second-order valence-corrected chi connectivity index (χ2v) is 5.00. The Morgan fingerprint density at radius 3 is 2.87 bits per heavy atom. The van der Waals surface area contributed by atoms with E-state index in [1.807, 2.05) is 25.1 Å². The lowest BCUT2D eigenvalue weighted by atomic mass is 10.0. The van der Waals surface area contributed by atoms with E-state index in [4.69, 9.17) is 11.6 Å². The Morgan fingerprint density at radius 2 is 2.27 bits per heavy atom. The largest absolute Gasteiger partial charge is 0.385 e. The van der Waals surface area contributed by atoms with Crippen LogP contribution in [0.25, 0.3) is 0 Å². The Hall–Kier alpha value is -0.530. The predicted octanol–water partition coefficient (Wildman–Crippen LogP) is 3.66. The number of benzene rings is 1. The van der Waals surface area contributed by atoms with Crippen LogP contribution in [0.1, 0.15) is 37.3 Å². The molecule has 0 aliphatic heterocycles. The van der Waals surface area contributed by atoms with Gasteiger partial charge in [0.15, 0.2) is 0 Å². The first-order chi connectivity index (χ1) is 7.08. The quantitative estimate of drug-likeness (QED) is 0.831. The van der Waals surface area contributed by atoms with Crippen molar-refractivity contribution in [3.8, 4) is 0 Å². The van der Waals surface area contributed by atoms with Crippen LogP contribution in [-0.4, -0.2) is 5.11 Å². The topological polar surface area (TPSA) is 20.2 Å². The smallest absolute Gasteiger partial charge is 0.0943 e. The lowest BCUT2D eigenvalue weighted by Crippen LogP contribution is -2.09. The summed E-state index contributed by atoms with van der Waals surface area (Å²) in [4.78, 5) is 0. The van der Waals surface area contributed by atoms with Gasteiger partial charge in [0.25, 0.3) is 0 Å². The summed E-state index contributed by atoms with van der Waals surface area (Å²) < 4.78 is 0. The fourth-order valence-electron chi connectivity index (χ4n) is 2.31. The molecule has 2 atom stereocenters. The fraction of sp³-hybridized carbons (Fsp3) is 0.538. The Bertz CT molecular complexity index is 375. The Kier molecular flexibility index (Phi) is 2.78. The molecular formula is C13H17ClO. The van der Waals surface area contributed by atoms with Crippen LogP contribution < -0.4 is 0 Å². The van der Waals surface area contributed by atoms with Gasteiger partial charge >= 0.3 is 0 Å². The van der Waals surface area contributed by atoms with E-state index in [0.717, 1.165) is 30.4 Å². The number of rotatable bonds is 3. The second-order valence-electron chi connectivity index (χ2n) is 4.60. The van der Waals surface area contributed by atoms with Crippen LogP contribution in [0.4, 0.5) is 0 Å². The van der Waals surface area contributed by atoms with Gasteiger partial charge in [-0.25, -0.2) is 0 Å². The summed E-state index contributed by atoms with van der Waals surface area (Å²) in [5.41, 5.74) is 1.41. The number of aryl methyl sites for hydroxylation is 1. The van der Waals surface area contributed by atoms with Crippen molar-refractivity contribution >= 4 is 11.6 Å². The molecule has 0 bridgehead atoms. The van der Waals surface area contributed by atoms with Gasteiger partial charge in [0.05, 0.1) is 5.60 Å². The highest BCUT2D eigenvalue weighted by Gasteiger charge is 2.54. The monoisotopic (exact) mass is 224 g/mol. The lowest BCUT2D eigenvalue weighted by Gasteiger charge is -2.13. The molecule has 0 saturated heterocycles. The minimum absolute atomic E-state index is 0.405. The van der Waals surface area contributed by atoms with Gasteiger partial charge in [0, 0.05) is 10.6 Å². The van der Waals surface area contributed by atoms with E-state index in [-0.39, 0.29) is 0 Å². The minimum Gasteiger partial charge on any atom is -0.385 e. The molecule has 1 aromatic rings. The maximum Gasteiger partial charge on any atom is 0.0943 e. The van der Waals surface area contributed by atoms with E-state index in [1.165, 1.54) is 0 Å². The van der Waals surface area contributed by atoms with Crippen molar-refractivity contribution in [1.82, 2.24) is 0 Å². The van der Waals surface area contributed by atoms with Crippen LogP contribution in [0.2, 0.25) is 5.02 Å². The van der Waals surface area contributed by atoms with Gasteiger partial charge in [-0.2, -0.15) is 0 Å². The third-order valence-corrected chi connectivity index (χ3v) is 3.61. The molecule has 82 valence electrons. The molecule has 15 heavy (non-hydrogen) atoms. The van der Waals surface area contributed by atoms with Crippen LogP contribution in [0.3, 0.4) is 0 Å². The molecule has 0 amide bonds. The molecule has 1 nitrogen and oxygen atoms in total. The fourth-order valence-corrected chi connectivity index (χ4v) is 2.71. The van der Waals surface area contributed by atoms with E-state index < -0.39 is 5.60 Å². The van der Waals surface area contributed by atoms with Gasteiger partial charge in [-0.15, -0.1) is 0 Å². The number of hydrogen-bond donors (Lipinski definition) is 1. The first-order valence-corrected chi connectivity index (χ1v) is 5.94. The summed E-state index contributed by atoms with van der Waals surface area (Å²) in [6.45, 7) is 4.16. The first-order valence-electron chi connectivity index (χ1n) is 5.57. The summed E-state index contributed by atoms with van der Waals surface area (Å²) >= 11 is 6.16. The van der Waals surface area contributed by atoms with E-state index in [1.54, 1.807) is 0 Å². The average molecular weight is 225 g/mol. The molecule has 1 aromatic carbocycles. The molecule has 1 saturated carbocycles. The lowest BCUT2D eigenvalue weighted by molar-refractivity contribution is 0.129.